The summed E-state index contributed by atoms with van der Waals surface area (Å²) in [6.07, 6.45) is 2.23. The van der Waals surface area contributed by atoms with Gasteiger partial charge in [-0.3, -0.25) is 0 Å². The van der Waals surface area contributed by atoms with Gasteiger partial charge < -0.3 is 11.1 Å². The van der Waals surface area contributed by atoms with Gasteiger partial charge >= 0.3 is 0 Å². The van der Waals surface area contributed by atoms with E-state index in [1.54, 1.807) is 0 Å². The molecule has 11 aromatic carbocycles. The van der Waals surface area contributed by atoms with Gasteiger partial charge in [0.1, 0.15) is 0 Å². The monoisotopic (exact) mass is 740 g/mol. The fourth-order valence-electron chi connectivity index (χ4n) is 9.32. The van der Waals surface area contributed by atoms with Crippen LogP contribution >= 0.6 is 0 Å². The minimum atomic E-state index is -0.358. The van der Waals surface area contributed by atoms with Crippen LogP contribution in [0.15, 0.2) is 206 Å². The quantitative estimate of drug-likeness (QED) is 0.126. The molecule has 2 heteroatoms. The minimum Gasteiger partial charge on any atom is -0.381 e. The fourth-order valence-corrected chi connectivity index (χ4v) is 9.32. The Morgan fingerprint density at radius 2 is 0.948 bits per heavy atom. The second-order valence-electron chi connectivity index (χ2n) is 15.4. The summed E-state index contributed by atoms with van der Waals surface area (Å²) in [4.78, 5) is 0. The standard InChI is InChI=1S/C56H40N2/c57-54(39-28-26-37(27-29-39)36-14-2-1-3-15-36)34-55(58-35-53-42-19-7-5-17-40(42)32-50-41-18-6-4-16-38(41)30-31-47(50)53)51-33-52-45-22-9-8-20-43(45)44-21-10-12-24-48(44)56(52)49-25-13-11-23-46(49)51/h1-34,54,58H,35,57H2/b55-34-. The van der Waals surface area contributed by atoms with Crippen LogP contribution in [0, 0.1) is 0 Å². The van der Waals surface area contributed by atoms with Gasteiger partial charge in [0, 0.05) is 17.8 Å². The third-order valence-corrected chi connectivity index (χ3v) is 12.1. The summed E-state index contributed by atoms with van der Waals surface area (Å²) in [6, 6.07) is 72.2. The normalized spacial score (nSPS) is 12.7. The SMILES string of the molecule is NC(/C=C(\NCc1c2ccccc2cc2c1ccc1ccccc12)c1cc2c3ccccc3c3ccccc3c2c2ccccc12)c1ccc(-c2ccccc2)cc1. The number of nitrogens with one attached hydrogen (secondary N) is 1. The van der Waals surface area contributed by atoms with Crippen LogP contribution in [0.2, 0.25) is 0 Å². The highest BCUT2D eigenvalue weighted by Crippen LogP contribution is 2.42. The molecular weight excluding hydrogens is 701 g/mol. The third-order valence-electron chi connectivity index (χ3n) is 12.1. The van der Waals surface area contributed by atoms with Crippen molar-refractivity contribution < 1.29 is 0 Å². The lowest BCUT2D eigenvalue weighted by atomic mass is 9.88. The van der Waals surface area contributed by atoms with Crippen molar-refractivity contribution in [2.24, 2.45) is 5.73 Å². The molecule has 0 spiro atoms. The maximum atomic E-state index is 7.24. The summed E-state index contributed by atoms with van der Waals surface area (Å²) in [7, 11) is 0. The topological polar surface area (TPSA) is 38.0 Å². The lowest BCUT2D eigenvalue weighted by Gasteiger charge is -2.21. The Hall–Kier alpha value is -7.26. The maximum absolute atomic E-state index is 7.24. The molecule has 3 N–H and O–H groups in total. The minimum absolute atomic E-state index is 0.358. The molecule has 11 aromatic rings. The van der Waals surface area contributed by atoms with Crippen LogP contribution in [0.1, 0.15) is 22.7 Å². The Morgan fingerprint density at radius 3 is 1.67 bits per heavy atom. The Balaban J connectivity index is 1.13. The Labute approximate surface area is 337 Å². The van der Waals surface area contributed by atoms with Crippen molar-refractivity contribution in [2.45, 2.75) is 12.6 Å². The summed E-state index contributed by atoms with van der Waals surface area (Å²) >= 11 is 0. The van der Waals surface area contributed by atoms with Gasteiger partial charge in [-0.1, -0.05) is 188 Å². The molecule has 2 nitrogen and oxygen atoms in total. The zero-order valence-corrected chi connectivity index (χ0v) is 32.0. The van der Waals surface area contributed by atoms with E-state index >= 15 is 0 Å². The van der Waals surface area contributed by atoms with Crippen molar-refractivity contribution in [3.8, 4) is 11.1 Å². The molecule has 0 amide bonds. The van der Waals surface area contributed by atoms with Crippen molar-refractivity contribution in [1.29, 1.82) is 0 Å². The first-order chi connectivity index (χ1) is 28.7. The van der Waals surface area contributed by atoms with Crippen LogP contribution in [-0.4, -0.2) is 0 Å². The van der Waals surface area contributed by atoms with E-state index in [0.717, 1.165) is 16.8 Å². The molecule has 1 unspecified atom stereocenters. The average Bonchev–Trinajstić information content (AvgIpc) is 3.30. The molecule has 0 fully saturated rings. The molecule has 0 aliphatic rings. The molecule has 58 heavy (non-hydrogen) atoms. The molecule has 274 valence electrons. The Kier molecular flexibility index (Phi) is 8.24. The molecule has 0 heterocycles. The first-order valence-electron chi connectivity index (χ1n) is 20.1. The largest absolute Gasteiger partial charge is 0.381 e. The molecule has 0 aliphatic heterocycles. The number of hydrogen-bond acceptors (Lipinski definition) is 2. The Morgan fingerprint density at radius 1 is 0.414 bits per heavy atom. The molecule has 0 radical (unpaired) electrons. The summed E-state index contributed by atoms with van der Waals surface area (Å²) < 4.78 is 0. The van der Waals surface area contributed by atoms with Crippen LogP contribution in [0.3, 0.4) is 0 Å². The third kappa shape index (κ3) is 5.69. The number of hydrogen-bond donors (Lipinski definition) is 2. The van der Waals surface area contributed by atoms with Crippen LogP contribution in [0.25, 0.3) is 92.2 Å². The van der Waals surface area contributed by atoms with Gasteiger partial charge in [0.25, 0.3) is 0 Å². The van der Waals surface area contributed by atoms with Crippen molar-refractivity contribution in [3.63, 3.8) is 0 Å². The van der Waals surface area contributed by atoms with Crippen molar-refractivity contribution in [3.05, 3.63) is 223 Å². The van der Waals surface area contributed by atoms with E-state index in [0.29, 0.717) is 6.54 Å². The van der Waals surface area contributed by atoms with Gasteiger partial charge in [-0.2, -0.15) is 0 Å². The van der Waals surface area contributed by atoms with E-state index in [1.165, 1.54) is 92.1 Å². The fraction of sp³-hybridized carbons (Fsp3) is 0.0357. The van der Waals surface area contributed by atoms with E-state index in [9.17, 15) is 0 Å². The van der Waals surface area contributed by atoms with E-state index in [2.05, 4.69) is 212 Å². The predicted octanol–water partition coefficient (Wildman–Crippen LogP) is 14.3. The first kappa shape index (κ1) is 34.0. The zero-order valence-electron chi connectivity index (χ0n) is 32.0. The van der Waals surface area contributed by atoms with E-state index < -0.39 is 0 Å². The van der Waals surface area contributed by atoms with Gasteiger partial charge in [-0.05, 0) is 116 Å². The second-order valence-corrected chi connectivity index (χ2v) is 15.4. The maximum Gasteiger partial charge on any atom is 0.0504 e. The van der Waals surface area contributed by atoms with Crippen LogP contribution in [0.4, 0.5) is 0 Å². The molecule has 11 rings (SSSR count). The first-order valence-corrected chi connectivity index (χ1v) is 20.1. The zero-order chi connectivity index (χ0) is 38.6. The van der Waals surface area contributed by atoms with Crippen LogP contribution < -0.4 is 11.1 Å². The van der Waals surface area contributed by atoms with Crippen molar-refractivity contribution in [1.82, 2.24) is 5.32 Å². The molecule has 1 atom stereocenters. The number of fused-ring (bicyclic) bond motifs is 12. The highest BCUT2D eigenvalue weighted by Gasteiger charge is 2.18. The van der Waals surface area contributed by atoms with Crippen LogP contribution in [0.5, 0.6) is 0 Å². The molecule has 0 bridgehead atoms. The van der Waals surface area contributed by atoms with Gasteiger partial charge in [0.2, 0.25) is 0 Å². The average molecular weight is 741 g/mol. The Bertz CT molecular complexity index is 3400. The highest BCUT2D eigenvalue weighted by atomic mass is 14.9. The van der Waals surface area contributed by atoms with Gasteiger partial charge in [0.05, 0.1) is 6.04 Å². The van der Waals surface area contributed by atoms with Crippen LogP contribution in [-0.2, 0) is 6.54 Å². The molecule has 0 aromatic heterocycles. The predicted molar refractivity (Wildman–Crippen MR) is 249 cm³/mol. The molecule has 0 saturated carbocycles. The molecule has 0 aliphatic carbocycles. The lowest BCUT2D eigenvalue weighted by molar-refractivity contribution is 0.866. The summed E-state index contributed by atoms with van der Waals surface area (Å²) in [5, 5.41) is 21.5. The second kappa shape index (κ2) is 14.0. The number of benzene rings is 11. The summed E-state index contributed by atoms with van der Waals surface area (Å²) in [5.74, 6) is 0. The van der Waals surface area contributed by atoms with Crippen molar-refractivity contribution >= 4 is 81.1 Å². The highest BCUT2D eigenvalue weighted by molar-refractivity contribution is 6.32. The summed E-state index contributed by atoms with van der Waals surface area (Å²) in [5.41, 5.74) is 14.1. The van der Waals surface area contributed by atoms with Gasteiger partial charge in [-0.25, -0.2) is 0 Å². The smallest absolute Gasteiger partial charge is 0.0504 e. The van der Waals surface area contributed by atoms with E-state index in [-0.39, 0.29) is 6.04 Å². The number of rotatable bonds is 7. The molecular formula is C56H40N2. The van der Waals surface area contributed by atoms with Crippen molar-refractivity contribution in [2.75, 3.05) is 0 Å². The van der Waals surface area contributed by atoms with Gasteiger partial charge in [-0.15, -0.1) is 0 Å². The van der Waals surface area contributed by atoms with E-state index in [1.807, 2.05) is 0 Å². The number of nitrogens with two attached hydrogens (primary N) is 1. The van der Waals surface area contributed by atoms with E-state index in [4.69, 9.17) is 5.73 Å². The van der Waals surface area contributed by atoms with Gasteiger partial charge in [0.15, 0.2) is 0 Å². The lowest BCUT2D eigenvalue weighted by Crippen LogP contribution is -2.16. The molecule has 0 saturated heterocycles. The summed E-state index contributed by atoms with van der Waals surface area (Å²) in [6.45, 7) is 0.618.